The van der Waals surface area contributed by atoms with Crippen molar-refractivity contribution in [3.05, 3.63) is 71.4 Å². The summed E-state index contributed by atoms with van der Waals surface area (Å²) in [6.07, 6.45) is 4.29. The summed E-state index contributed by atoms with van der Waals surface area (Å²) in [5.74, 6) is 1.28. The van der Waals surface area contributed by atoms with Crippen LogP contribution in [0, 0.1) is 11.3 Å². The molecule has 0 saturated heterocycles. The lowest BCUT2D eigenvalue weighted by molar-refractivity contribution is 0.126. The van der Waals surface area contributed by atoms with Gasteiger partial charge in [-0.3, -0.25) is 0 Å². The monoisotopic (exact) mass is 470 g/mol. The molecule has 0 amide bonds. The van der Waals surface area contributed by atoms with Crippen molar-refractivity contribution in [2.75, 3.05) is 10.6 Å². The Balaban J connectivity index is 1.41. The van der Waals surface area contributed by atoms with E-state index in [2.05, 4.69) is 28.8 Å². The van der Waals surface area contributed by atoms with Crippen molar-refractivity contribution in [2.24, 2.45) is 0 Å². The van der Waals surface area contributed by atoms with Crippen LogP contribution in [0.3, 0.4) is 0 Å². The summed E-state index contributed by atoms with van der Waals surface area (Å²) in [5.41, 5.74) is 3.98. The highest BCUT2D eigenvalue weighted by Gasteiger charge is 2.20. The van der Waals surface area contributed by atoms with E-state index in [1.54, 1.807) is 11.3 Å². The van der Waals surface area contributed by atoms with Crippen LogP contribution >= 0.6 is 11.3 Å². The van der Waals surface area contributed by atoms with Gasteiger partial charge < -0.3 is 15.7 Å². The number of rotatable bonds is 7. The first kappa shape index (κ1) is 22.3. The smallest absolute Gasteiger partial charge is 0.225 e. The Morgan fingerprint density at radius 3 is 2.59 bits per heavy atom. The minimum absolute atomic E-state index is 0.201. The molecule has 7 nitrogen and oxygen atoms in total. The Morgan fingerprint density at radius 2 is 1.79 bits per heavy atom. The molecule has 1 fully saturated rings. The number of fused-ring (bicyclic) bond motifs is 1. The van der Waals surface area contributed by atoms with Gasteiger partial charge in [-0.25, -0.2) is 9.97 Å². The number of nitrogens with one attached hydrogen (secondary N) is 2. The van der Waals surface area contributed by atoms with E-state index in [-0.39, 0.29) is 12.1 Å². The third kappa shape index (κ3) is 5.50. The van der Waals surface area contributed by atoms with Gasteiger partial charge in [0.2, 0.25) is 5.95 Å². The van der Waals surface area contributed by atoms with Crippen molar-refractivity contribution < 1.29 is 5.11 Å². The normalized spacial score (nSPS) is 17.9. The fraction of sp³-hybridized carbons (Fsp3) is 0.308. The van der Waals surface area contributed by atoms with Gasteiger partial charge in [-0.2, -0.15) is 10.2 Å². The van der Waals surface area contributed by atoms with Gasteiger partial charge in [0.05, 0.1) is 34.5 Å². The van der Waals surface area contributed by atoms with Crippen molar-refractivity contribution in [1.82, 2.24) is 15.0 Å². The van der Waals surface area contributed by atoms with Crippen molar-refractivity contribution >= 4 is 38.5 Å². The molecule has 1 aliphatic carbocycles. The van der Waals surface area contributed by atoms with Gasteiger partial charge >= 0.3 is 0 Å². The molecule has 0 radical (unpaired) electrons. The molecule has 3 N–H and O–H groups in total. The standard InChI is InChI=1S/C26H26N6OS/c27-13-12-18-6-11-22-23(15-18)34-26(30-22)32-24-16-20(14-17-4-2-1-3-5-17)29-25(31-24)28-19-7-9-21(33)10-8-19/h1-6,11,15-16,19,21,33H,7-10,12,14H2,(H2,28,29,30,31,32)/t19-,21-. The summed E-state index contributed by atoms with van der Waals surface area (Å²) in [6.45, 7) is 0. The Morgan fingerprint density at radius 1 is 0.971 bits per heavy atom. The molecule has 2 aromatic heterocycles. The Bertz CT molecular complexity index is 1310. The highest BCUT2D eigenvalue weighted by molar-refractivity contribution is 7.22. The molecule has 2 heterocycles. The van der Waals surface area contributed by atoms with Crippen LogP contribution < -0.4 is 10.6 Å². The average Bonchev–Trinajstić information content (AvgIpc) is 3.23. The molecule has 0 bridgehead atoms. The fourth-order valence-electron chi connectivity index (χ4n) is 4.26. The molecule has 8 heteroatoms. The Labute approximate surface area is 202 Å². The van der Waals surface area contributed by atoms with Crippen LogP contribution in [0.1, 0.15) is 42.5 Å². The number of aliphatic hydroxyl groups is 1. The summed E-state index contributed by atoms with van der Waals surface area (Å²) >= 11 is 1.54. The van der Waals surface area contributed by atoms with Gasteiger partial charge in [-0.1, -0.05) is 47.7 Å². The number of nitrogens with zero attached hydrogens (tertiary/aromatic N) is 4. The molecule has 172 valence electrons. The maximum absolute atomic E-state index is 9.83. The van der Waals surface area contributed by atoms with Gasteiger partial charge in [-0.05, 0) is 48.9 Å². The van der Waals surface area contributed by atoms with E-state index in [0.29, 0.717) is 24.6 Å². The molecule has 4 aromatic rings. The predicted octanol–water partition coefficient (Wildman–Crippen LogP) is 5.20. The first-order chi connectivity index (χ1) is 16.6. The molecule has 1 saturated carbocycles. The molecular formula is C26H26N6OS. The maximum Gasteiger partial charge on any atom is 0.225 e. The molecule has 0 spiro atoms. The van der Waals surface area contributed by atoms with Gasteiger partial charge in [-0.15, -0.1) is 0 Å². The van der Waals surface area contributed by atoms with E-state index < -0.39 is 0 Å². The molecule has 5 rings (SSSR count). The van der Waals surface area contributed by atoms with Crippen LogP contribution in [0.15, 0.2) is 54.6 Å². The lowest BCUT2D eigenvalue weighted by atomic mass is 9.93. The first-order valence-corrected chi connectivity index (χ1v) is 12.4. The lowest BCUT2D eigenvalue weighted by Gasteiger charge is -2.26. The second-order valence-electron chi connectivity index (χ2n) is 8.66. The van der Waals surface area contributed by atoms with E-state index in [1.165, 1.54) is 5.56 Å². The minimum atomic E-state index is -0.201. The largest absolute Gasteiger partial charge is 0.393 e. The number of hydrogen-bond acceptors (Lipinski definition) is 8. The van der Waals surface area contributed by atoms with Gasteiger partial charge in [0, 0.05) is 18.5 Å². The number of anilines is 3. The van der Waals surface area contributed by atoms with E-state index in [9.17, 15) is 5.11 Å². The van der Waals surface area contributed by atoms with Crippen LogP contribution in [0.5, 0.6) is 0 Å². The first-order valence-electron chi connectivity index (χ1n) is 11.5. The van der Waals surface area contributed by atoms with Gasteiger partial charge in [0.1, 0.15) is 5.82 Å². The lowest BCUT2D eigenvalue weighted by Crippen LogP contribution is -2.29. The van der Waals surface area contributed by atoms with Crippen molar-refractivity contribution in [1.29, 1.82) is 5.26 Å². The number of aromatic nitrogens is 3. The van der Waals surface area contributed by atoms with Crippen LogP contribution in [0.2, 0.25) is 0 Å². The van der Waals surface area contributed by atoms with Crippen molar-refractivity contribution in [2.45, 2.75) is 50.7 Å². The zero-order chi connectivity index (χ0) is 23.3. The molecule has 0 atom stereocenters. The molecule has 1 aliphatic rings. The zero-order valence-corrected chi connectivity index (χ0v) is 19.6. The number of hydrogen-bond donors (Lipinski definition) is 3. The number of thiazole rings is 1. The summed E-state index contributed by atoms with van der Waals surface area (Å²) in [6, 6.07) is 20.6. The van der Waals surface area contributed by atoms with Crippen molar-refractivity contribution in [3.63, 3.8) is 0 Å². The molecule has 0 unspecified atom stereocenters. The quantitative estimate of drug-likeness (QED) is 0.341. The van der Waals surface area contributed by atoms with E-state index in [0.717, 1.165) is 52.3 Å². The molecular weight excluding hydrogens is 444 g/mol. The molecule has 34 heavy (non-hydrogen) atoms. The summed E-state index contributed by atoms with van der Waals surface area (Å²) in [7, 11) is 0. The highest BCUT2D eigenvalue weighted by Crippen LogP contribution is 2.30. The van der Waals surface area contributed by atoms with Crippen LogP contribution in [-0.2, 0) is 12.8 Å². The van der Waals surface area contributed by atoms with Crippen molar-refractivity contribution in [3.8, 4) is 6.07 Å². The van der Waals surface area contributed by atoms with Gasteiger partial charge in [0.15, 0.2) is 5.13 Å². The Hall–Kier alpha value is -3.54. The van der Waals surface area contributed by atoms with Crippen LogP contribution in [0.4, 0.5) is 16.9 Å². The summed E-state index contributed by atoms with van der Waals surface area (Å²) in [5, 5.41) is 26.4. The van der Waals surface area contributed by atoms with E-state index >= 15 is 0 Å². The van der Waals surface area contributed by atoms with E-state index in [4.69, 9.17) is 20.2 Å². The fourth-order valence-corrected chi connectivity index (χ4v) is 5.19. The van der Waals surface area contributed by atoms with Crippen LogP contribution in [0.25, 0.3) is 10.2 Å². The predicted molar refractivity (Wildman–Crippen MR) is 135 cm³/mol. The molecule has 2 aromatic carbocycles. The zero-order valence-electron chi connectivity index (χ0n) is 18.7. The average molecular weight is 471 g/mol. The SMILES string of the molecule is N#CCc1ccc2nc(Nc3cc(Cc4ccccc4)nc(N[C@H]4CC[C@H](O)CC4)n3)sc2c1. The second-order valence-corrected chi connectivity index (χ2v) is 9.69. The maximum atomic E-state index is 9.83. The third-order valence-corrected chi connectivity index (χ3v) is 6.94. The van der Waals surface area contributed by atoms with E-state index in [1.807, 2.05) is 42.5 Å². The number of benzene rings is 2. The minimum Gasteiger partial charge on any atom is -0.393 e. The molecule has 0 aliphatic heterocycles. The number of nitriles is 1. The Kier molecular flexibility index (Phi) is 6.65. The third-order valence-electron chi connectivity index (χ3n) is 6.01. The van der Waals surface area contributed by atoms with Gasteiger partial charge in [0.25, 0.3) is 0 Å². The van der Waals surface area contributed by atoms with Crippen LogP contribution in [-0.4, -0.2) is 32.2 Å². The summed E-state index contributed by atoms with van der Waals surface area (Å²) in [4.78, 5) is 14.2. The number of aliphatic hydroxyl groups excluding tert-OH is 1. The summed E-state index contributed by atoms with van der Waals surface area (Å²) < 4.78 is 1.04. The highest BCUT2D eigenvalue weighted by atomic mass is 32.1. The second kappa shape index (κ2) is 10.2. The topological polar surface area (TPSA) is 107 Å².